The van der Waals surface area contributed by atoms with Crippen molar-refractivity contribution in [2.24, 2.45) is 11.5 Å². The van der Waals surface area contributed by atoms with Gasteiger partial charge in [-0.15, -0.1) is 12.8 Å². The second kappa shape index (κ2) is 11.8. The summed E-state index contributed by atoms with van der Waals surface area (Å²) in [5.74, 6) is 2.36. The van der Waals surface area contributed by atoms with Crippen LogP contribution in [-0.4, -0.2) is 22.0 Å². The van der Waals surface area contributed by atoms with Gasteiger partial charge in [-0.1, -0.05) is 60.4 Å². The molecule has 0 spiro atoms. The van der Waals surface area contributed by atoms with E-state index in [9.17, 15) is 19.8 Å². The van der Waals surface area contributed by atoms with Gasteiger partial charge in [0.1, 0.15) is 0 Å². The molecular formula is C28H28N4O4S. The minimum atomic E-state index is -2.50. The number of terminal acetylenes is 2. The van der Waals surface area contributed by atoms with Crippen LogP contribution in [0.15, 0.2) is 59.3 Å². The highest BCUT2D eigenvalue weighted by atomic mass is 32.1. The van der Waals surface area contributed by atoms with Crippen molar-refractivity contribution in [1.82, 2.24) is 10.6 Å². The molecule has 0 radical (unpaired) electrons. The summed E-state index contributed by atoms with van der Waals surface area (Å²) in [7, 11) is 0. The van der Waals surface area contributed by atoms with Gasteiger partial charge in [0.25, 0.3) is 11.8 Å². The van der Waals surface area contributed by atoms with Gasteiger partial charge < -0.3 is 32.3 Å². The summed E-state index contributed by atoms with van der Waals surface area (Å²) in [5, 5.41) is 30.4. The number of benzene rings is 2. The molecule has 0 aliphatic carbocycles. The second-order valence-electron chi connectivity index (χ2n) is 8.32. The quantitative estimate of drug-likeness (QED) is 0.221. The third-order valence-corrected chi connectivity index (χ3v) is 6.62. The highest BCUT2D eigenvalue weighted by Gasteiger charge is 2.46. The van der Waals surface area contributed by atoms with Gasteiger partial charge in [0.2, 0.25) is 11.2 Å². The molecule has 0 saturated carbocycles. The average Bonchev–Trinajstić information content (AvgIpc) is 3.45. The molecule has 0 bridgehead atoms. The lowest BCUT2D eigenvalue weighted by atomic mass is 9.84. The minimum absolute atomic E-state index is 0.0674. The molecule has 2 unspecified atom stereocenters. The first-order chi connectivity index (χ1) is 17.7. The summed E-state index contributed by atoms with van der Waals surface area (Å²) in [5.41, 5.74) is 9.26. The molecular weight excluding hydrogens is 488 g/mol. The van der Waals surface area contributed by atoms with E-state index in [4.69, 9.17) is 24.3 Å². The van der Waals surface area contributed by atoms with Crippen molar-refractivity contribution in [2.45, 2.75) is 37.4 Å². The number of nitrogens with one attached hydrogen (secondary N) is 2. The van der Waals surface area contributed by atoms with Crippen LogP contribution in [0.1, 0.15) is 33.4 Å². The predicted octanol–water partition coefficient (Wildman–Crippen LogP) is 0.940. The summed E-state index contributed by atoms with van der Waals surface area (Å²) in [4.78, 5) is 26.1. The maximum absolute atomic E-state index is 13.1. The van der Waals surface area contributed by atoms with E-state index < -0.39 is 23.0 Å². The molecule has 8 N–H and O–H groups in total. The first-order valence-corrected chi connectivity index (χ1v) is 12.3. The fourth-order valence-electron chi connectivity index (χ4n) is 3.74. The number of thiophene rings is 1. The fraction of sp³-hybridized carbons (Fsp3) is 0.214. The number of carbonyl (C=O) groups is 2. The van der Waals surface area contributed by atoms with Gasteiger partial charge in [0.15, 0.2) is 0 Å². The van der Waals surface area contributed by atoms with Crippen LogP contribution in [0.4, 0.5) is 0 Å². The molecule has 0 saturated heterocycles. The Morgan fingerprint density at radius 2 is 1.16 bits per heavy atom. The smallest absolute Gasteiger partial charge is 0.269 e. The predicted molar refractivity (Wildman–Crippen MR) is 142 cm³/mol. The number of rotatable bonds is 10. The largest absolute Gasteiger partial charge is 0.366 e. The summed E-state index contributed by atoms with van der Waals surface area (Å²) >= 11 is 1.03. The Morgan fingerprint density at radius 1 is 0.784 bits per heavy atom. The first-order valence-electron chi connectivity index (χ1n) is 11.3. The summed E-state index contributed by atoms with van der Waals surface area (Å²) < 4.78 is 0. The molecule has 3 aromatic rings. The highest BCUT2D eigenvalue weighted by molar-refractivity contribution is 7.08. The Hall–Kier alpha value is -3.96. The maximum atomic E-state index is 13.1. The normalized spacial score (nSPS) is 13.9. The van der Waals surface area contributed by atoms with Gasteiger partial charge in [0, 0.05) is 37.3 Å². The third kappa shape index (κ3) is 5.89. The number of amides is 2. The van der Waals surface area contributed by atoms with E-state index in [0.717, 1.165) is 33.6 Å². The SMILES string of the molecule is C#CC(O)(C(=O)NCc1cccc(CN)c1)c1cscc1C(O)(C#C)C(=O)NCc1cccc(CN)c1. The number of hydrogen-bond donors (Lipinski definition) is 6. The zero-order chi connectivity index (χ0) is 27.1. The van der Waals surface area contributed by atoms with Crippen molar-refractivity contribution >= 4 is 23.2 Å². The number of carbonyl (C=O) groups excluding carboxylic acids is 2. The molecule has 8 nitrogen and oxygen atoms in total. The number of nitrogens with two attached hydrogens (primary N) is 2. The Bertz CT molecular complexity index is 1270. The zero-order valence-electron chi connectivity index (χ0n) is 20.0. The highest BCUT2D eigenvalue weighted by Crippen LogP contribution is 2.35. The Labute approximate surface area is 219 Å². The monoisotopic (exact) mass is 516 g/mol. The summed E-state index contributed by atoms with van der Waals surface area (Å²) in [6, 6.07) is 14.5. The summed E-state index contributed by atoms with van der Waals surface area (Å²) in [6.07, 6.45) is 11.2. The van der Waals surface area contributed by atoms with Crippen LogP contribution in [0.25, 0.3) is 0 Å². The van der Waals surface area contributed by atoms with Crippen molar-refractivity contribution in [1.29, 1.82) is 0 Å². The first kappa shape index (κ1) is 27.6. The van der Waals surface area contributed by atoms with E-state index in [2.05, 4.69) is 22.5 Å². The zero-order valence-corrected chi connectivity index (χ0v) is 20.8. The molecule has 3 rings (SSSR count). The molecule has 9 heteroatoms. The van der Waals surface area contributed by atoms with E-state index in [1.807, 2.05) is 24.3 Å². The van der Waals surface area contributed by atoms with E-state index >= 15 is 0 Å². The lowest BCUT2D eigenvalue weighted by Gasteiger charge is -2.27. The number of aliphatic hydroxyl groups is 2. The molecule has 0 aliphatic rings. The van der Waals surface area contributed by atoms with Crippen LogP contribution in [0.3, 0.4) is 0 Å². The van der Waals surface area contributed by atoms with Crippen LogP contribution in [0.5, 0.6) is 0 Å². The van der Waals surface area contributed by atoms with E-state index in [1.54, 1.807) is 24.3 Å². The van der Waals surface area contributed by atoms with Crippen LogP contribution in [0.2, 0.25) is 0 Å². The van der Waals surface area contributed by atoms with Crippen molar-refractivity contribution in [3.63, 3.8) is 0 Å². The average molecular weight is 517 g/mol. The lowest BCUT2D eigenvalue weighted by molar-refractivity contribution is -0.137. The molecule has 37 heavy (non-hydrogen) atoms. The van der Waals surface area contributed by atoms with Crippen molar-refractivity contribution in [2.75, 3.05) is 0 Å². The molecule has 2 atom stereocenters. The van der Waals surface area contributed by atoms with E-state index in [0.29, 0.717) is 13.1 Å². The minimum Gasteiger partial charge on any atom is -0.366 e. The second-order valence-corrected chi connectivity index (χ2v) is 9.07. The fourth-order valence-corrected chi connectivity index (χ4v) is 4.68. The maximum Gasteiger partial charge on any atom is 0.269 e. The Balaban J connectivity index is 1.83. The molecule has 1 aromatic heterocycles. The lowest BCUT2D eigenvalue weighted by Crippen LogP contribution is -2.47. The van der Waals surface area contributed by atoms with Crippen molar-refractivity contribution in [3.8, 4) is 24.7 Å². The van der Waals surface area contributed by atoms with E-state index in [-0.39, 0.29) is 24.2 Å². The van der Waals surface area contributed by atoms with Gasteiger partial charge in [-0.3, -0.25) is 9.59 Å². The standard InChI is InChI=1S/C28H28N4O4S/c1-3-27(35,25(33)31-15-21-9-5-7-19(11-21)13-29)23-17-37-18-24(23)28(36,4-2)26(34)32-16-22-10-6-8-20(12-22)14-30/h1-2,5-12,17-18,35-36H,13-16,29-30H2,(H,31,33)(H,32,34). The van der Waals surface area contributed by atoms with Gasteiger partial charge in [-0.25, -0.2) is 0 Å². The Kier molecular flexibility index (Phi) is 8.85. The van der Waals surface area contributed by atoms with Gasteiger partial charge in [-0.2, -0.15) is 11.3 Å². The molecule has 0 aliphatic heterocycles. The third-order valence-electron chi connectivity index (χ3n) is 5.88. The topological polar surface area (TPSA) is 151 Å². The van der Waals surface area contributed by atoms with Crippen LogP contribution in [0, 0.1) is 24.7 Å². The molecule has 1 heterocycles. The number of hydrogen-bond acceptors (Lipinski definition) is 7. The van der Waals surface area contributed by atoms with Gasteiger partial charge >= 0.3 is 0 Å². The van der Waals surface area contributed by atoms with Crippen LogP contribution >= 0.6 is 11.3 Å². The van der Waals surface area contributed by atoms with Gasteiger partial charge in [0.05, 0.1) is 0 Å². The molecule has 2 amide bonds. The van der Waals surface area contributed by atoms with Crippen LogP contribution < -0.4 is 22.1 Å². The van der Waals surface area contributed by atoms with Gasteiger partial charge in [-0.05, 0) is 33.0 Å². The molecule has 0 fully saturated rings. The summed E-state index contributed by atoms with van der Waals surface area (Å²) in [6.45, 7) is 0.800. The molecule has 2 aromatic carbocycles. The Morgan fingerprint density at radius 3 is 1.51 bits per heavy atom. The van der Waals surface area contributed by atoms with Crippen molar-refractivity contribution in [3.05, 3.63) is 92.7 Å². The molecule has 190 valence electrons. The van der Waals surface area contributed by atoms with Crippen molar-refractivity contribution < 1.29 is 19.8 Å². The van der Waals surface area contributed by atoms with Crippen LogP contribution in [-0.2, 0) is 47.0 Å². The van der Waals surface area contributed by atoms with E-state index in [1.165, 1.54) is 10.8 Å².